The van der Waals surface area contributed by atoms with Crippen LogP contribution in [0, 0.1) is 0 Å². The summed E-state index contributed by atoms with van der Waals surface area (Å²) in [6.07, 6.45) is 12.0. The first kappa shape index (κ1) is 21.4. The fraction of sp³-hybridized carbons (Fsp3) is 0.300. The Morgan fingerprint density at radius 1 is 0.633 bits per heavy atom. The van der Waals surface area contributed by atoms with Crippen LogP contribution >= 0.6 is 47.0 Å². The van der Waals surface area contributed by atoms with E-state index in [1.165, 1.54) is 49.1 Å². The molecule has 4 aromatic rings. The third-order valence-corrected chi connectivity index (χ3v) is 7.69. The van der Waals surface area contributed by atoms with Crippen LogP contribution in [0.2, 0.25) is 0 Å². The standard InChI is InChI=1S/C20H20N6S4/c1(3-11-27-19-17(23-29-25-19)15-7-5-9-21-13-15)2-4-12-28-20-18(24-30-26-20)16-8-6-10-22-14-16/h5-10,13-14H,1-4,11-12H2. The van der Waals surface area contributed by atoms with Crippen molar-refractivity contribution in [3.63, 3.8) is 0 Å². The molecule has 6 nitrogen and oxygen atoms in total. The first-order chi connectivity index (χ1) is 14.9. The first-order valence-electron chi connectivity index (χ1n) is 9.63. The zero-order valence-electron chi connectivity index (χ0n) is 16.2. The maximum Gasteiger partial charge on any atom is 0.138 e. The van der Waals surface area contributed by atoms with Gasteiger partial charge >= 0.3 is 0 Å². The molecule has 10 heteroatoms. The molecule has 0 saturated carbocycles. The van der Waals surface area contributed by atoms with Crippen molar-refractivity contribution >= 4 is 47.0 Å². The molecule has 0 aromatic carbocycles. The highest BCUT2D eigenvalue weighted by molar-refractivity contribution is 7.99. The van der Waals surface area contributed by atoms with E-state index in [2.05, 4.69) is 27.5 Å². The Kier molecular flexibility index (Phi) is 8.18. The molecule has 0 unspecified atom stereocenters. The monoisotopic (exact) mass is 472 g/mol. The first-order valence-corrected chi connectivity index (χ1v) is 13.1. The minimum absolute atomic E-state index is 0.954. The van der Waals surface area contributed by atoms with E-state index in [-0.39, 0.29) is 0 Å². The maximum atomic E-state index is 4.45. The predicted octanol–water partition coefficient (Wildman–Crippen LogP) is 5.96. The normalized spacial score (nSPS) is 11.1. The average Bonchev–Trinajstić information content (AvgIpc) is 3.46. The van der Waals surface area contributed by atoms with Gasteiger partial charge in [0, 0.05) is 35.9 Å². The lowest BCUT2D eigenvalue weighted by Gasteiger charge is -2.03. The Morgan fingerprint density at radius 2 is 1.13 bits per heavy atom. The molecular formula is C20H20N6S4. The number of thioether (sulfide) groups is 2. The summed E-state index contributed by atoms with van der Waals surface area (Å²) in [4.78, 5) is 8.35. The Balaban J connectivity index is 1.14. The van der Waals surface area contributed by atoms with Crippen LogP contribution in [0.25, 0.3) is 22.5 Å². The minimum atomic E-state index is 0.954. The van der Waals surface area contributed by atoms with E-state index in [1.54, 1.807) is 35.9 Å². The quantitative estimate of drug-likeness (QED) is 0.195. The molecular weight excluding hydrogens is 453 g/mol. The minimum Gasteiger partial charge on any atom is -0.264 e. The van der Waals surface area contributed by atoms with E-state index in [0.717, 1.165) is 44.1 Å². The second kappa shape index (κ2) is 11.5. The van der Waals surface area contributed by atoms with Crippen LogP contribution in [0.1, 0.15) is 25.7 Å². The Bertz CT molecular complexity index is 938. The number of pyridine rings is 2. The van der Waals surface area contributed by atoms with Gasteiger partial charge in [0.1, 0.15) is 21.4 Å². The molecule has 154 valence electrons. The van der Waals surface area contributed by atoms with Gasteiger partial charge in [0.15, 0.2) is 0 Å². The van der Waals surface area contributed by atoms with Gasteiger partial charge in [-0.3, -0.25) is 9.97 Å². The second-order valence-corrected chi connectivity index (χ2v) is 9.65. The molecule has 0 fully saturated rings. The van der Waals surface area contributed by atoms with Crippen molar-refractivity contribution in [1.29, 1.82) is 0 Å². The fourth-order valence-corrected chi connectivity index (χ4v) is 6.18. The summed E-state index contributed by atoms with van der Waals surface area (Å²) in [7, 11) is 0. The Morgan fingerprint density at radius 3 is 1.57 bits per heavy atom. The SMILES string of the molecule is c1cncc(-c2nsnc2SCCCCCCSc2nsnc2-c2cccnc2)c1. The van der Waals surface area contributed by atoms with Crippen LogP contribution < -0.4 is 0 Å². The summed E-state index contributed by atoms with van der Waals surface area (Å²) in [5.41, 5.74) is 3.98. The van der Waals surface area contributed by atoms with Crippen LogP contribution in [0.3, 0.4) is 0 Å². The number of hydrogen-bond donors (Lipinski definition) is 0. The smallest absolute Gasteiger partial charge is 0.138 e. The van der Waals surface area contributed by atoms with Crippen molar-refractivity contribution in [2.45, 2.75) is 35.7 Å². The van der Waals surface area contributed by atoms with Crippen LogP contribution in [-0.2, 0) is 0 Å². The lowest BCUT2D eigenvalue weighted by atomic mass is 10.2. The molecule has 0 spiro atoms. The number of aromatic nitrogens is 6. The van der Waals surface area contributed by atoms with Crippen molar-refractivity contribution in [1.82, 2.24) is 27.5 Å². The molecule has 0 amide bonds. The second-order valence-electron chi connectivity index (χ2n) is 6.43. The molecule has 30 heavy (non-hydrogen) atoms. The van der Waals surface area contributed by atoms with Crippen molar-refractivity contribution in [2.24, 2.45) is 0 Å². The number of rotatable bonds is 11. The zero-order valence-corrected chi connectivity index (χ0v) is 19.4. The van der Waals surface area contributed by atoms with Crippen molar-refractivity contribution in [3.05, 3.63) is 49.1 Å². The lowest BCUT2D eigenvalue weighted by Crippen LogP contribution is -1.88. The van der Waals surface area contributed by atoms with Crippen LogP contribution in [0.5, 0.6) is 0 Å². The summed E-state index contributed by atoms with van der Waals surface area (Å²) >= 11 is 6.12. The molecule has 0 radical (unpaired) electrons. The van der Waals surface area contributed by atoms with E-state index in [1.807, 2.05) is 36.7 Å². The fourth-order valence-electron chi connectivity index (χ4n) is 2.80. The highest BCUT2D eigenvalue weighted by atomic mass is 32.2. The number of hydrogen-bond acceptors (Lipinski definition) is 10. The molecule has 0 bridgehead atoms. The molecule has 0 saturated heterocycles. The van der Waals surface area contributed by atoms with Crippen molar-refractivity contribution in [3.8, 4) is 22.5 Å². The Hall–Kier alpha value is -1.88. The van der Waals surface area contributed by atoms with Gasteiger partial charge in [-0.15, -0.1) is 23.5 Å². The van der Waals surface area contributed by atoms with E-state index >= 15 is 0 Å². The van der Waals surface area contributed by atoms with Crippen LogP contribution in [-0.4, -0.2) is 39.0 Å². The van der Waals surface area contributed by atoms with Gasteiger partial charge in [0.2, 0.25) is 0 Å². The zero-order chi connectivity index (χ0) is 20.4. The van der Waals surface area contributed by atoms with Gasteiger partial charge in [-0.2, -0.15) is 17.5 Å². The molecule has 0 aliphatic carbocycles. The highest BCUT2D eigenvalue weighted by Gasteiger charge is 2.12. The van der Waals surface area contributed by atoms with E-state index in [4.69, 9.17) is 0 Å². The van der Waals surface area contributed by atoms with E-state index in [0.29, 0.717) is 0 Å². The molecule has 4 aromatic heterocycles. The summed E-state index contributed by atoms with van der Waals surface area (Å²) in [6, 6.07) is 7.93. The van der Waals surface area contributed by atoms with E-state index < -0.39 is 0 Å². The summed E-state index contributed by atoms with van der Waals surface area (Å²) in [5, 5.41) is 2.03. The number of unbranched alkanes of at least 4 members (excludes halogenated alkanes) is 3. The maximum absolute atomic E-state index is 4.45. The van der Waals surface area contributed by atoms with Crippen molar-refractivity contribution in [2.75, 3.05) is 11.5 Å². The average molecular weight is 473 g/mol. The largest absolute Gasteiger partial charge is 0.264 e. The van der Waals surface area contributed by atoms with Gasteiger partial charge < -0.3 is 0 Å². The van der Waals surface area contributed by atoms with Gasteiger partial charge in [-0.1, -0.05) is 12.8 Å². The van der Waals surface area contributed by atoms with Gasteiger partial charge in [0.25, 0.3) is 0 Å². The number of nitrogens with zero attached hydrogens (tertiary/aromatic N) is 6. The van der Waals surface area contributed by atoms with Crippen LogP contribution in [0.15, 0.2) is 59.1 Å². The van der Waals surface area contributed by atoms with E-state index in [9.17, 15) is 0 Å². The third kappa shape index (κ3) is 5.84. The summed E-state index contributed by atoms with van der Waals surface area (Å²) < 4.78 is 17.8. The van der Waals surface area contributed by atoms with Crippen molar-refractivity contribution < 1.29 is 0 Å². The molecule has 0 N–H and O–H groups in total. The molecule has 4 heterocycles. The topological polar surface area (TPSA) is 77.3 Å². The third-order valence-electron chi connectivity index (χ3n) is 4.30. The molecule has 4 rings (SSSR count). The van der Waals surface area contributed by atoms with Gasteiger partial charge in [-0.25, -0.2) is 0 Å². The Labute approximate surface area is 192 Å². The molecule has 0 aliphatic heterocycles. The predicted molar refractivity (Wildman–Crippen MR) is 126 cm³/mol. The molecule has 0 atom stereocenters. The summed E-state index contributed by atoms with van der Waals surface area (Å²) in [5.74, 6) is 2.12. The van der Waals surface area contributed by atoms with Gasteiger partial charge in [-0.05, 0) is 48.6 Å². The van der Waals surface area contributed by atoms with Gasteiger partial charge in [0.05, 0.1) is 23.5 Å². The highest BCUT2D eigenvalue weighted by Crippen LogP contribution is 2.31. The lowest BCUT2D eigenvalue weighted by molar-refractivity contribution is 0.711. The molecule has 0 aliphatic rings. The summed E-state index contributed by atoms with van der Waals surface area (Å²) in [6.45, 7) is 0. The van der Waals surface area contributed by atoms with Crippen LogP contribution in [0.4, 0.5) is 0 Å².